The number of unbranched alkanes of at least 4 members (excludes halogenated alkanes) is 2. The molecule has 0 radical (unpaired) electrons. The Bertz CT molecular complexity index is 344. The fourth-order valence-corrected chi connectivity index (χ4v) is 2.50. The Balaban J connectivity index is 2.27. The number of aliphatic carboxylic acids is 1. The molecule has 0 atom stereocenters. The van der Waals surface area contributed by atoms with Gasteiger partial charge in [-0.3, -0.25) is 4.79 Å². The maximum absolute atomic E-state index is 10.5. The number of thioether (sulfide) groups is 2. The molecule has 0 aliphatic heterocycles. The molecule has 5 nitrogen and oxygen atoms in total. The predicted molar refractivity (Wildman–Crippen MR) is 70.6 cm³/mol. The third-order valence-electron chi connectivity index (χ3n) is 2.15. The summed E-state index contributed by atoms with van der Waals surface area (Å²) in [4.78, 5) is 10.5. The van der Waals surface area contributed by atoms with Crippen molar-refractivity contribution in [3.8, 4) is 0 Å². The van der Waals surface area contributed by atoms with E-state index in [2.05, 4.69) is 16.5 Å². The van der Waals surface area contributed by atoms with Crippen LogP contribution in [0.5, 0.6) is 0 Å². The third kappa shape index (κ3) is 5.97. The Labute approximate surface area is 109 Å². The van der Waals surface area contributed by atoms with E-state index in [4.69, 9.17) is 5.11 Å². The minimum absolute atomic E-state index is 0.0329. The van der Waals surface area contributed by atoms with E-state index >= 15 is 0 Å². The maximum Gasteiger partial charge on any atom is 0.313 e. The van der Waals surface area contributed by atoms with Gasteiger partial charge in [-0.15, -0.1) is 10.2 Å². The van der Waals surface area contributed by atoms with Crippen LogP contribution in [0.15, 0.2) is 11.5 Å². The van der Waals surface area contributed by atoms with Crippen LogP contribution >= 0.6 is 23.5 Å². The Morgan fingerprint density at radius 1 is 1.47 bits per heavy atom. The Hall–Kier alpha value is -0.690. The summed E-state index contributed by atoms with van der Waals surface area (Å²) in [6.07, 6.45) is 7.27. The average molecular weight is 275 g/mol. The maximum atomic E-state index is 10.5. The summed E-state index contributed by atoms with van der Waals surface area (Å²) < 4.78 is 1.92. The fourth-order valence-electron chi connectivity index (χ4n) is 1.34. The Morgan fingerprint density at radius 3 is 3.00 bits per heavy atom. The van der Waals surface area contributed by atoms with Gasteiger partial charge in [0, 0.05) is 6.54 Å². The third-order valence-corrected chi connectivity index (χ3v) is 3.81. The van der Waals surface area contributed by atoms with Crippen LogP contribution in [-0.4, -0.2) is 43.6 Å². The molecule has 96 valence electrons. The number of aryl methyl sites for hydroxylation is 1. The van der Waals surface area contributed by atoms with Crippen LogP contribution in [0.2, 0.25) is 0 Å². The van der Waals surface area contributed by atoms with Crippen molar-refractivity contribution < 1.29 is 9.90 Å². The lowest BCUT2D eigenvalue weighted by atomic mass is 10.2. The lowest BCUT2D eigenvalue weighted by molar-refractivity contribution is -0.133. The molecule has 0 aliphatic carbocycles. The zero-order valence-corrected chi connectivity index (χ0v) is 11.5. The zero-order valence-electron chi connectivity index (χ0n) is 9.83. The number of hydrogen-bond acceptors (Lipinski definition) is 5. The van der Waals surface area contributed by atoms with Gasteiger partial charge in [0.15, 0.2) is 5.16 Å². The van der Waals surface area contributed by atoms with Crippen molar-refractivity contribution in [2.75, 3.05) is 17.8 Å². The lowest BCUT2D eigenvalue weighted by Crippen LogP contribution is -2.03. The van der Waals surface area contributed by atoms with Gasteiger partial charge in [0.2, 0.25) is 0 Å². The molecule has 1 rings (SSSR count). The predicted octanol–water partition coefficient (Wildman–Crippen LogP) is 1.99. The molecule has 0 aliphatic rings. The highest BCUT2D eigenvalue weighted by molar-refractivity contribution is 7.99. The SMILES string of the molecule is CSCCCCCn1cnnc1SCC(=O)O. The van der Waals surface area contributed by atoms with Crippen LogP contribution < -0.4 is 0 Å². The van der Waals surface area contributed by atoms with Crippen molar-refractivity contribution in [2.45, 2.75) is 31.0 Å². The molecule has 7 heteroatoms. The molecule has 0 bridgehead atoms. The highest BCUT2D eigenvalue weighted by Crippen LogP contribution is 2.15. The highest BCUT2D eigenvalue weighted by atomic mass is 32.2. The van der Waals surface area contributed by atoms with Gasteiger partial charge in [0.25, 0.3) is 0 Å². The molecule has 1 heterocycles. The van der Waals surface area contributed by atoms with Crippen LogP contribution in [0, 0.1) is 0 Å². The second kappa shape index (κ2) is 8.41. The molecule has 0 saturated carbocycles. The zero-order chi connectivity index (χ0) is 12.5. The second-order valence-corrected chi connectivity index (χ2v) is 5.47. The normalized spacial score (nSPS) is 10.6. The van der Waals surface area contributed by atoms with Gasteiger partial charge in [-0.2, -0.15) is 11.8 Å². The van der Waals surface area contributed by atoms with Crippen molar-refractivity contribution >= 4 is 29.5 Å². The first kappa shape index (κ1) is 14.4. The van der Waals surface area contributed by atoms with Crippen LogP contribution in [0.4, 0.5) is 0 Å². The molecular formula is C10H17N3O2S2. The van der Waals surface area contributed by atoms with Gasteiger partial charge in [0.1, 0.15) is 6.33 Å². The number of carboxylic acid groups (broad SMARTS) is 1. The van der Waals surface area contributed by atoms with E-state index in [-0.39, 0.29) is 5.75 Å². The molecule has 0 fully saturated rings. The van der Waals surface area contributed by atoms with Gasteiger partial charge in [0.05, 0.1) is 5.75 Å². The van der Waals surface area contributed by atoms with Gasteiger partial charge in [-0.1, -0.05) is 18.2 Å². The Morgan fingerprint density at radius 2 is 2.29 bits per heavy atom. The van der Waals surface area contributed by atoms with Crippen LogP contribution in [-0.2, 0) is 11.3 Å². The quantitative estimate of drug-likeness (QED) is 0.549. The fraction of sp³-hybridized carbons (Fsp3) is 0.700. The first-order chi connectivity index (χ1) is 8.24. The second-order valence-electron chi connectivity index (χ2n) is 3.54. The van der Waals surface area contributed by atoms with E-state index in [1.165, 1.54) is 30.4 Å². The van der Waals surface area contributed by atoms with Gasteiger partial charge < -0.3 is 9.67 Å². The van der Waals surface area contributed by atoms with E-state index in [0.29, 0.717) is 5.16 Å². The largest absolute Gasteiger partial charge is 0.481 e. The molecule has 0 unspecified atom stereocenters. The first-order valence-corrected chi connectivity index (χ1v) is 7.83. The topological polar surface area (TPSA) is 68.0 Å². The molecule has 1 aromatic heterocycles. The Kier molecular flexibility index (Phi) is 7.11. The van der Waals surface area contributed by atoms with Crippen molar-refractivity contribution in [1.82, 2.24) is 14.8 Å². The number of hydrogen-bond donors (Lipinski definition) is 1. The van der Waals surface area contributed by atoms with Crippen LogP contribution in [0.25, 0.3) is 0 Å². The van der Waals surface area contributed by atoms with Crippen molar-refractivity contribution in [1.29, 1.82) is 0 Å². The number of carboxylic acids is 1. The minimum Gasteiger partial charge on any atom is -0.481 e. The molecule has 0 spiro atoms. The van der Waals surface area contributed by atoms with E-state index in [1.807, 2.05) is 16.3 Å². The summed E-state index contributed by atoms with van der Waals surface area (Å²) in [5.74, 6) is 0.401. The van der Waals surface area contributed by atoms with Crippen molar-refractivity contribution in [3.63, 3.8) is 0 Å². The number of carbonyl (C=O) groups is 1. The summed E-state index contributed by atoms with van der Waals surface area (Å²) in [6, 6.07) is 0. The summed E-state index contributed by atoms with van der Waals surface area (Å²) in [6.45, 7) is 0.864. The summed E-state index contributed by atoms with van der Waals surface area (Å²) >= 11 is 3.08. The molecule has 0 amide bonds. The van der Waals surface area contributed by atoms with E-state index in [9.17, 15) is 4.79 Å². The summed E-state index contributed by atoms with van der Waals surface area (Å²) in [5.41, 5.74) is 0. The monoisotopic (exact) mass is 275 g/mol. The molecule has 1 aromatic rings. The number of nitrogens with zero attached hydrogens (tertiary/aromatic N) is 3. The molecule has 1 N–H and O–H groups in total. The van der Waals surface area contributed by atoms with Crippen LogP contribution in [0.1, 0.15) is 19.3 Å². The van der Waals surface area contributed by atoms with Gasteiger partial charge in [-0.05, 0) is 24.9 Å². The first-order valence-electron chi connectivity index (χ1n) is 5.45. The number of aromatic nitrogens is 3. The van der Waals surface area contributed by atoms with E-state index in [0.717, 1.165) is 13.0 Å². The molecule has 17 heavy (non-hydrogen) atoms. The highest BCUT2D eigenvalue weighted by Gasteiger charge is 2.07. The molecular weight excluding hydrogens is 258 g/mol. The summed E-state index contributed by atoms with van der Waals surface area (Å²) in [5, 5.41) is 17.0. The average Bonchev–Trinajstić information content (AvgIpc) is 2.73. The van der Waals surface area contributed by atoms with Gasteiger partial charge in [-0.25, -0.2) is 0 Å². The summed E-state index contributed by atoms with van der Waals surface area (Å²) in [7, 11) is 0. The van der Waals surface area contributed by atoms with Gasteiger partial charge >= 0.3 is 5.97 Å². The molecule has 0 saturated heterocycles. The standard InChI is InChI=1S/C10H17N3O2S2/c1-16-6-4-2-3-5-13-8-11-12-10(13)17-7-9(14)15/h8H,2-7H2,1H3,(H,14,15). The molecule has 0 aromatic carbocycles. The van der Waals surface area contributed by atoms with Crippen molar-refractivity contribution in [2.24, 2.45) is 0 Å². The van der Waals surface area contributed by atoms with E-state index < -0.39 is 5.97 Å². The lowest BCUT2D eigenvalue weighted by Gasteiger charge is -2.04. The number of rotatable bonds is 9. The smallest absolute Gasteiger partial charge is 0.313 e. The minimum atomic E-state index is -0.829. The van der Waals surface area contributed by atoms with Crippen molar-refractivity contribution in [3.05, 3.63) is 6.33 Å². The van der Waals surface area contributed by atoms with E-state index in [1.54, 1.807) is 6.33 Å². The van der Waals surface area contributed by atoms with Crippen LogP contribution in [0.3, 0.4) is 0 Å².